The van der Waals surface area contributed by atoms with Crippen LogP contribution in [0, 0.1) is 5.92 Å². The molecule has 0 unspecified atom stereocenters. The fraction of sp³-hybridized carbons (Fsp3) is 0.562. The smallest absolute Gasteiger partial charge is 0.224 e. The second-order valence-electron chi connectivity index (χ2n) is 5.60. The lowest BCUT2D eigenvalue weighted by atomic mass is 10.00. The van der Waals surface area contributed by atoms with Crippen molar-refractivity contribution in [2.75, 3.05) is 11.9 Å². The van der Waals surface area contributed by atoms with Crippen molar-refractivity contribution < 1.29 is 9.53 Å². The quantitative estimate of drug-likeness (QED) is 0.844. The number of carbonyl (C=O) groups excluding carboxylic acids is 1. The fourth-order valence-corrected chi connectivity index (χ4v) is 2.91. The first-order valence-corrected chi connectivity index (χ1v) is 7.95. The highest BCUT2D eigenvalue weighted by molar-refractivity contribution is 6.32. The molecule has 1 saturated carbocycles. The summed E-state index contributed by atoms with van der Waals surface area (Å²) in [6.45, 7) is 2.67. The van der Waals surface area contributed by atoms with Crippen LogP contribution < -0.4 is 15.8 Å². The number of nitrogens with two attached hydrogens (primary N) is 1. The van der Waals surface area contributed by atoms with Crippen LogP contribution in [-0.2, 0) is 4.79 Å². The lowest BCUT2D eigenvalue weighted by Gasteiger charge is -2.15. The van der Waals surface area contributed by atoms with E-state index in [0.29, 0.717) is 35.4 Å². The Morgan fingerprint density at radius 1 is 1.48 bits per heavy atom. The van der Waals surface area contributed by atoms with Gasteiger partial charge in [-0.2, -0.15) is 0 Å². The number of rotatable bonds is 6. The van der Waals surface area contributed by atoms with Gasteiger partial charge in [-0.05, 0) is 43.4 Å². The molecule has 0 radical (unpaired) electrons. The Balaban J connectivity index is 1.90. The van der Waals surface area contributed by atoms with E-state index in [1.54, 1.807) is 12.1 Å². The van der Waals surface area contributed by atoms with E-state index in [2.05, 4.69) is 5.32 Å². The molecule has 1 aliphatic carbocycles. The minimum atomic E-state index is -0.00403. The zero-order valence-electron chi connectivity index (χ0n) is 12.4. The maximum Gasteiger partial charge on any atom is 0.224 e. The molecule has 3 N–H and O–H groups in total. The number of anilines is 1. The summed E-state index contributed by atoms with van der Waals surface area (Å²) in [5.74, 6) is 0.942. The van der Waals surface area contributed by atoms with Crippen LogP contribution in [0.2, 0.25) is 5.02 Å². The Labute approximate surface area is 131 Å². The number of hydrogen-bond donors (Lipinski definition) is 2. The second-order valence-corrected chi connectivity index (χ2v) is 6.01. The van der Waals surface area contributed by atoms with Crippen LogP contribution in [0.5, 0.6) is 5.75 Å². The van der Waals surface area contributed by atoms with Gasteiger partial charge in [0.1, 0.15) is 5.75 Å². The minimum absolute atomic E-state index is 0.00403. The molecule has 1 amide bonds. The average molecular weight is 311 g/mol. The predicted octanol–water partition coefficient (Wildman–Crippen LogP) is 3.58. The first kappa shape index (κ1) is 16.1. The molecule has 1 fully saturated rings. The molecule has 0 saturated heterocycles. The molecule has 2 rings (SSSR count). The Hall–Kier alpha value is -1.26. The molecule has 1 aromatic rings. The first-order chi connectivity index (χ1) is 10.1. The predicted molar refractivity (Wildman–Crippen MR) is 85.8 cm³/mol. The summed E-state index contributed by atoms with van der Waals surface area (Å²) in [5, 5.41) is 3.39. The number of carbonyl (C=O) groups is 1. The first-order valence-electron chi connectivity index (χ1n) is 7.58. The molecule has 21 heavy (non-hydrogen) atoms. The molecule has 4 nitrogen and oxygen atoms in total. The van der Waals surface area contributed by atoms with E-state index in [4.69, 9.17) is 22.1 Å². The van der Waals surface area contributed by atoms with Crippen LogP contribution in [0.15, 0.2) is 18.2 Å². The SMILES string of the molecule is CCCOc1ccc(NC(=O)C[C@@H]2CCC[C@H]2N)cc1Cl. The third kappa shape index (κ3) is 4.61. The average Bonchev–Trinajstić information content (AvgIpc) is 2.83. The van der Waals surface area contributed by atoms with Crippen LogP contribution in [0.25, 0.3) is 0 Å². The number of ether oxygens (including phenoxy) is 1. The Morgan fingerprint density at radius 2 is 2.29 bits per heavy atom. The maximum atomic E-state index is 12.0. The van der Waals surface area contributed by atoms with Crippen molar-refractivity contribution in [3.05, 3.63) is 23.2 Å². The monoisotopic (exact) mass is 310 g/mol. The van der Waals surface area contributed by atoms with Crippen molar-refractivity contribution in [3.63, 3.8) is 0 Å². The Kier molecular flexibility index (Phi) is 5.88. The molecular weight excluding hydrogens is 288 g/mol. The summed E-state index contributed by atoms with van der Waals surface area (Å²) in [6, 6.07) is 5.47. The van der Waals surface area contributed by atoms with Crippen molar-refractivity contribution in [3.8, 4) is 5.75 Å². The van der Waals surface area contributed by atoms with Gasteiger partial charge < -0.3 is 15.8 Å². The van der Waals surface area contributed by atoms with Gasteiger partial charge in [0.2, 0.25) is 5.91 Å². The van der Waals surface area contributed by atoms with E-state index in [1.807, 2.05) is 13.0 Å². The summed E-state index contributed by atoms with van der Waals surface area (Å²) in [5.41, 5.74) is 6.69. The van der Waals surface area contributed by atoms with Crippen LogP contribution in [0.1, 0.15) is 39.0 Å². The van der Waals surface area contributed by atoms with Gasteiger partial charge in [-0.1, -0.05) is 24.9 Å². The van der Waals surface area contributed by atoms with Crippen molar-refractivity contribution in [2.24, 2.45) is 11.7 Å². The summed E-state index contributed by atoms with van der Waals surface area (Å²) < 4.78 is 5.51. The third-order valence-corrected chi connectivity index (χ3v) is 4.14. The van der Waals surface area contributed by atoms with Gasteiger partial charge >= 0.3 is 0 Å². The molecule has 116 valence electrons. The van der Waals surface area contributed by atoms with Gasteiger partial charge in [-0.3, -0.25) is 4.79 Å². The standard InChI is InChI=1S/C16H23ClN2O2/c1-2-8-21-15-7-6-12(10-13(15)17)19-16(20)9-11-4-3-5-14(11)18/h6-7,10-11,14H,2-5,8-9,18H2,1H3,(H,19,20)/t11-,14+/m0/s1. The molecule has 0 bridgehead atoms. The molecule has 0 aliphatic heterocycles. The summed E-state index contributed by atoms with van der Waals surface area (Å²) >= 11 is 6.15. The van der Waals surface area contributed by atoms with E-state index >= 15 is 0 Å². The number of amides is 1. The van der Waals surface area contributed by atoms with Gasteiger partial charge in [0.05, 0.1) is 11.6 Å². The Morgan fingerprint density at radius 3 is 2.90 bits per heavy atom. The number of hydrogen-bond acceptors (Lipinski definition) is 3. The molecule has 5 heteroatoms. The van der Waals surface area contributed by atoms with Crippen molar-refractivity contribution >= 4 is 23.2 Å². The molecule has 0 aromatic heterocycles. The highest BCUT2D eigenvalue weighted by Gasteiger charge is 2.26. The van der Waals surface area contributed by atoms with E-state index in [-0.39, 0.29) is 11.9 Å². The minimum Gasteiger partial charge on any atom is -0.492 e. The maximum absolute atomic E-state index is 12.0. The summed E-state index contributed by atoms with van der Waals surface area (Å²) in [6.07, 6.45) is 4.59. The molecule has 1 aromatic carbocycles. The van der Waals surface area contributed by atoms with E-state index in [1.165, 1.54) is 0 Å². The highest BCUT2D eigenvalue weighted by Crippen LogP contribution is 2.29. The Bertz CT molecular complexity index is 493. The van der Waals surface area contributed by atoms with Crippen LogP contribution in [-0.4, -0.2) is 18.6 Å². The van der Waals surface area contributed by atoms with E-state index < -0.39 is 0 Å². The zero-order valence-corrected chi connectivity index (χ0v) is 13.2. The van der Waals surface area contributed by atoms with Gasteiger partial charge in [0, 0.05) is 18.2 Å². The number of nitrogens with one attached hydrogen (secondary N) is 1. The largest absolute Gasteiger partial charge is 0.492 e. The molecule has 1 aliphatic rings. The van der Waals surface area contributed by atoms with Crippen molar-refractivity contribution in [2.45, 2.75) is 45.1 Å². The highest BCUT2D eigenvalue weighted by atomic mass is 35.5. The molecule has 0 spiro atoms. The molecule has 0 heterocycles. The fourth-order valence-electron chi connectivity index (χ4n) is 2.68. The summed E-state index contributed by atoms with van der Waals surface area (Å²) in [7, 11) is 0. The van der Waals surface area contributed by atoms with Gasteiger partial charge in [0.25, 0.3) is 0 Å². The van der Waals surface area contributed by atoms with Crippen LogP contribution >= 0.6 is 11.6 Å². The van der Waals surface area contributed by atoms with E-state index in [0.717, 1.165) is 25.7 Å². The number of benzene rings is 1. The molecule has 2 atom stereocenters. The van der Waals surface area contributed by atoms with Crippen LogP contribution in [0.4, 0.5) is 5.69 Å². The van der Waals surface area contributed by atoms with Gasteiger partial charge in [0.15, 0.2) is 0 Å². The number of halogens is 1. The second kappa shape index (κ2) is 7.66. The zero-order chi connectivity index (χ0) is 15.2. The summed E-state index contributed by atoms with van der Waals surface area (Å²) in [4.78, 5) is 12.0. The molecular formula is C16H23ClN2O2. The third-order valence-electron chi connectivity index (χ3n) is 3.84. The normalized spacial score (nSPS) is 21.3. The topological polar surface area (TPSA) is 64.3 Å². The lowest BCUT2D eigenvalue weighted by molar-refractivity contribution is -0.117. The van der Waals surface area contributed by atoms with Crippen molar-refractivity contribution in [1.29, 1.82) is 0 Å². The van der Waals surface area contributed by atoms with Gasteiger partial charge in [-0.15, -0.1) is 0 Å². The van der Waals surface area contributed by atoms with Gasteiger partial charge in [-0.25, -0.2) is 0 Å². The van der Waals surface area contributed by atoms with Crippen LogP contribution in [0.3, 0.4) is 0 Å². The lowest BCUT2D eigenvalue weighted by Crippen LogP contribution is -2.28. The van der Waals surface area contributed by atoms with E-state index in [9.17, 15) is 4.79 Å². The van der Waals surface area contributed by atoms with Crippen molar-refractivity contribution in [1.82, 2.24) is 0 Å².